The molecule has 0 bridgehead atoms. The molecule has 1 aromatic heterocycles. The Morgan fingerprint density at radius 2 is 1.83 bits per heavy atom. The third kappa shape index (κ3) is 3.82. The summed E-state index contributed by atoms with van der Waals surface area (Å²) in [4.78, 5) is 4.09. The zero-order chi connectivity index (χ0) is 16.3. The van der Waals surface area contributed by atoms with Crippen molar-refractivity contribution in [1.82, 2.24) is 9.55 Å². The summed E-state index contributed by atoms with van der Waals surface area (Å²) in [5.74, 6) is -0.621. The number of aromatic nitrogens is 2. The van der Waals surface area contributed by atoms with Gasteiger partial charge in [0.05, 0.1) is 19.5 Å². The second-order valence-electron chi connectivity index (χ2n) is 7.26. The van der Waals surface area contributed by atoms with Gasteiger partial charge >= 0.3 is 0 Å². The Balaban J connectivity index is 1.74. The van der Waals surface area contributed by atoms with E-state index in [9.17, 15) is 0 Å². The van der Waals surface area contributed by atoms with Crippen molar-refractivity contribution < 1.29 is 9.47 Å². The molecule has 0 atom stereocenters. The molecule has 0 spiro atoms. The Bertz CT molecular complexity index is 607. The molecule has 0 unspecified atom stereocenters. The van der Waals surface area contributed by atoms with Crippen LogP contribution in [0.2, 0.25) is 0 Å². The lowest BCUT2D eigenvalue weighted by Crippen LogP contribution is -2.45. The number of benzene rings is 1. The van der Waals surface area contributed by atoms with Crippen LogP contribution in [0.4, 0.5) is 0 Å². The van der Waals surface area contributed by atoms with Crippen molar-refractivity contribution in [2.75, 3.05) is 13.2 Å². The van der Waals surface area contributed by atoms with Crippen LogP contribution in [0.25, 0.3) is 0 Å². The molecular formula is C19H26N2O2. The Labute approximate surface area is 138 Å². The van der Waals surface area contributed by atoms with E-state index in [1.165, 1.54) is 5.56 Å². The number of ether oxygens (including phenoxy) is 2. The molecule has 1 aliphatic rings. The maximum Gasteiger partial charge on any atom is 0.194 e. The fourth-order valence-electron chi connectivity index (χ4n) is 2.88. The zero-order valence-corrected chi connectivity index (χ0v) is 14.3. The molecule has 23 heavy (non-hydrogen) atoms. The Hall–Kier alpha value is -1.65. The van der Waals surface area contributed by atoms with Gasteiger partial charge in [0.1, 0.15) is 0 Å². The number of imidazole rings is 1. The molecule has 0 saturated carbocycles. The molecule has 124 valence electrons. The first-order valence-corrected chi connectivity index (χ1v) is 8.30. The van der Waals surface area contributed by atoms with Gasteiger partial charge in [-0.15, -0.1) is 0 Å². The first kappa shape index (κ1) is 16.2. The molecule has 1 saturated heterocycles. The van der Waals surface area contributed by atoms with Crippen LogP contribution in [0, 0.1) is 12.3 Å². The number of rotatable bonds is 5. The van der Waals surface area contributed by atoms with Gasteiger partial charge in [-0.2, -0.15) is 0 Å². The van der Waals surface area contributed by atoms with Crippen molar-refractivity contribution >= 4 is 0 Å². The van der Waals surface area contributed by atoms with Crippen LogP contribution in [-0.2, 0) is 21.8 Å². The van der Waals surface area contributed by atoms with Gasteiger partial charge in [-0.1, -0.05) is 43.7 Å². The van der Waals surface area contributed by atoms with Gasteiger partial charge in [0.2, 0.25) is 0 Å². The minimum absolute atomic E-state index is 0.0680. The molecular weight excluding hydrogens is 288 g/mol. The molecule has 0 aliphatic carbocycles. The topological polar surface area (TPSA) is 36.3 Å². The van der Waals surface area contributed by atoms with E-state index in [0.717, 1.165) is 24.9 Å². The summed E-state index contributed by atoms with van der Waals surface area (Å²) < 4.78 is 14.7. The van der Waals surface area contributed by atoms with Crippen LogP contribution < -0.4 is 0 Å². The van der Waals surface area contributed by atoms with Crippen molar-refractivity contribution in [1.29, 1.82) is 0 Å². The third-order valence-corrected chi connectivity index (χ3v) is 4.36. The average Bonchev–Trinajstić information content (AvgIpc) is 3.03. The minimum Gasteiger partial charge on any atom is -0.345 e. The molecule has 0 radical (unpaired) electrons. The molecule has 1 aliphatic heterocycles. The lowest BCUT2D eigenvalue weighted by Gasteiger charge is -2.44. The van der Waals surface area contributed by atoms with Crippen LogP contribution >= 0.6 is 0 Å². The normalized spacial score (nSPS) is 19.6. The molecule has 1 aromatic carbocycles. The zero-order valence-electron chi connectivity index (χ0n) is 14.3. The molecule has 1 fully saturated rings. The van der Waals surface area contributed by atoms with Crippen LogP contribution in [0.1, 0.15) is 37.8 Å². The van der Waals surface area contributed by atoms with E-state index in [4.69, 9.17) is 9.47 Å². The van der Waals surface area contributed by atoms with E-state index >= 15 is 0 Å². The van der Waals surface area contributed by atoms with Gasteiger partial charge in [0, 0.05) is 36.3 Å². The molecule has 4 heteroatoms. The lowest BCUT2D eigenvalue weighted by atomic mass is 9.91. The van der Waals surface area contributed by atoms with Crippen molar-refractivity contribution in [2.45, 2.75) is 45.9 Å². The van der Waals surface area contributed by atoms with Crippen LogP contribution in [0.3, 0.4) is 0 Å². The highest BCUT2D eigenvalue weighted by Gasteiger charge is 2.41. The first-order chi connectivity index (χ1) is 11.0. The fraction of sp³-hybridized carbons (Fsp3) is 0.526. The second kappa shape index (κ2) is 6.46. The molecule has 0 amide bonds. The third-order valence-electron chi connectivity index (χ3n) is 4.36. The maximum atomic E-state index is 6.28. The number of hydrogen-bond acceptors (Lipinski definition) is 3. The Morgan fingerprint density at radius 1 is 1.13 bits per heavy atom. The maximum absolute atomic E-state index is 6.28. The Morgan fingerprint density at radius 3 is 2.43 bits per heavy atom. The predicted octanol–water partition coefficient (Wildman–Crippen LogP) is 3.90. The number of hydrogen-bond donors (Lipinski definition) is 0. The minimum atomic E-state index is -0.621. The van der Waals surface area contributed by atoms with Gasteiger partial charge in [-0.25, -0.2) is 4.98 Å². The molecule has 3 rings (SSSR count). The van der Waals surface area contributed by atoms with Crippen LogP contribution in [0.5, 0.6) is 0 Å². The van der Waals surface area contributed by atoms with Gasteiger partial charge < -0.3 is 14.0 Å². The van der Waals surface area contributed by atoms with Crippen molar-refractivity contribution in [3.63, 3.8) is 0 Å². The summed E-state index contributed by atoms with van der Waals surface area (Å²) in [6, 6.07) is 8.51. The number of aryl methyl sites for hydroxylation is 2. The van der Waals surface area contributed by atoms with Gasteiger partial charge in [-0.05, 0) is 13.3 Å². The molecule has 0 N–H and O–H groups in total. The van der Waals surface area contributed by atoms with Crippen molar-refractivity contribution in [2.24, 2.45) is 5.41 Å². The van der Waals surface area contributed by atoms with Crippen molar-refractivity contribution in [3.8, 4) is 0 Å². The SMILES string of the molecule is Cc1ccc(C2(CCCn3ccnc3)OCC(C)(C)CO2)cc1. The van der Waals surface area contributed by atoms with E-state index in [2.05, 4.69) is 54.6 Å². The summed E-state index contributed by atoms with van der Waals surface area (Å²) >= 11 is 0. The van der Waals surface area contributed by atoms with Gasteiger partial charge in [0.25, 0.3) is 0 Å². The van der Waals surface area contributed by atoms with E-state index in [1.54, 1.807) is 0 Å². The summed E-state index contributed by atoms with van der Waals surface area (Å²) in [6.07, 6.45) is 7.47. The standard InChI is InChI=1S/C19H26N2O2/c1-16-5-7-17(8-6-16)19(22-13-18(2,3)14-23-19)9-4-11-21-12-10-20-15-21/h5-8,10,12,15H,4,9,11,13-14H2,1-3H3. The summed E-state index contributed by atoms with van der Waals surface area (Å²) in [7, 11) is 0. The lowest BCUT2D eigenvalue weighted by molar-refractivity contribution is -0.311. The predicted molar refractivity (Wildman–Crippen MR) is 90.0 cm³/mol. The highest BCUT2D eigenvalue weighted by atomic mass is 16.7. The summed E-state index contributed by atoms with van der Waals surface area (Å²) in [6.45, 7) is 8.80. The first-order valence-electron chi connectivity index (χ1n) is 8.30. The monoisotopic (exact) mass is 314 g/mol. The van der Waals surface area contributed by atoms with Crippen LogP contribution in [0.15, 0.2) is 43.0 Å². The van der Waals surface area contributed by atoms with Gasteiger partial charge in [0.15, 0.2) is 5.79 Å². The summed E-state index contributed by atoms with van der Waals surface area (Å²) in [5, 5.41) is 0. The molecule has 4 nitrogen and oxygen atoms in total. The Kier molecular flexibility index (Phi) is 4.55. The van der Waals surface area contributed by atoms with Gasteiger partial charge in [-0.3, -0.25) is 0 Å². The van der Waals surface area contributed by atoms with Crippen molar-refractivity contribution in [3.05, 3.63) is 54.1 Å². The number of nitrogens with zero attached hydrogens (tertiary/aromatic N) is 2. The highest BCUT2D eigenvalue weighted by Crippen LogP contribution is 2.40. The highest BCUT2D eigenvalue weighted by molar-refractivity contribution is 5.25. The molecule has 2 aromatic rings. The largest absolute Gasteiger partial charge is 0.345 e. The van der Waals surface area contributed by atoms with E-state index in [1.807, 2.05) is 18.7 Å². The second-order valence-corrected chi connectivity index (χ2v) is 7.26. The smallest absolute Gasteiger partial charge is 0.194 e. The van der Waals surface area contributed by atoms with E-state index in [0.29, 0.717) is 13.2 Å². The van der Waals surface area contributed by atoms with E-state index < -0.39 is 5.79 Å². The van der Waals surface area contributed by atoms with Crippen LogP contribution in [-0.4, -0.2) is 22.8 Å². The fourth-order valence-corrected chi connectivity index (χ4v) is 2.88. The molecule has 2 heterocycles. The average molecular weight is 314 g/mol. The summed E-state index contributed by atoms with van der Waals surface area (Å²) in [5.41, 5.74) is 2.43. The quantitative estimate of drug-likeness (QED) is 0.840. The van der Waals surface area contributed by atoms with E-state index in [-0.39, 0.29) is 5.41 Å².